The monoisotopic (exact) mass is 429 g/mol. The maximum absolute atomic E-state index is 12.6. The summed E-state index contributed by atoms with van der Waals surface area (Å²) >= 11 is 0. The molecule has 0 unspecified atom stereocenters. The lowest BCUT2D eigenvalue weighted by molar-refractivity contribution is 0.0951. The summed E-state index contributed by atoms with van der Waals surface area (Å²) in [6, 6.07) is 25.0. The van der Waals surface area contributed by atoms with Crippen LogP contribution in [-0.4, -0.2) is 20.4 Å². The number of rotatable bonds is 5. The quantitative estimate of drug-likeness (QED) is 0.372. The standard InChI is InChI=1S/C27H19N5O/c1-28-23-10-7-20(8-11-23)21-5-2-6-24(14-21)32-18-31-25-15-22(9-12-26(25)32)27(33)30-17-19-4-3-13-29-16-19/h2-16,18H,17H2,(H,30,33). The van der Waals surface area contributed by atoms with Gasteiger partial charge in [0.1, 0.15) is 6.33 Å². The van der Waals surface area contributed by atoms with E-state index in [4.69, 9.17) is 6.57 Å². The molecule has 0 aliphatic rings. The van der Waals surface area contributed by atoms with Gasteiger partial charge < -0.3 is 5.32 Å². The fraction of sp³-hybridized carbons (Fsp3) is 0.0370. The molecule has 1 N–H and O–H groups in total. The van der Waals surface area contributed by atoms with E-state index in [-0.39, 0.29) is 5.91 Å². The summed E-state index contributed by atoms with van der Waals surface area (Å²) in [7, 11) is 0. The molecule has 0 aliphatic heterocycles. The Kier molecular flexibility index (Phi) is 5.36. The first-order valence-electron chi connectivity index (χ1n) is 10.4. The number of hydrogen-bond donors (Lipinski definition) is 1. The van der Waals surface area contributed by atoms with Crippen molar-refractivity contribution in [3.05, 3.63) is 120 Å². The third-order valence-corrected chi connectivity index (χ3v) is 5.44. The minimum atomic E-state index is -0.153. The average molecular weight is 429 g/mol. The number of nitrogens with one attached hydrogen (secondary N) is 1. The fourth-order valence-corrected chi connectivity index (χ4v) is 3.71. The Morgan fingerprint density at radius 2 is 1.85 bits per heavy atom. The lowest BCUT2D eigenvalue weighted by atomic mass is 10.0. The zero-order valence-corrected chi connectivity index (χ0v) is 17.6. The molecule has 0 fully saturated rings. The van der Waals surface area contributed by atoms with Crippen molar-refractivity contribution in [2.75, 3.05) is 0 Å². The van der Waals surface area contributed by atoms with Crippen LogP contribution < -0.4 is 5.32 Å². The van der Waals surface area contributed by atoms with Crippen molar-refractivity contribution in [3.63, 3.8) is 0 Å². The number of amides is 1. The van der Waals surface area contributed by atoms with Crippen molar-refractivity contribution < 1.29 is 4.79 Å². The molecule has 2 heterocycles. The molecular weight excluding hydrogens is 410 g/mol. The van der Waals surface area contributed by atoms with Gasteiger partial charge in [-0.1, -0.05) is 42.5 Å². The highest BCUT2D eigenvalue weighted by molar-refractivity contribution is 5.97. The molecule has 6 heteroatoms. The Hall–Kier alpha value is -4.76. The van der Waals surface area contributed by atoms with Gasteiger partial charge in [-0.25, -0.2) is 9.83 Å². The smallest absolute Gasteiger partial charge is 0.251 e. The average Bonchev–Trinajstić information content (AvgIpc) is 3.31. The summed E-state index contributed by atoms with van der Waals surface area (Å²) in [6.45, 7) is 7.54. The molecule has 0 bridgehead atoms. The van der Waals surface area contributed by atoms with Crippen molar-refractivity contribution in [3.8, 4) is 16.8 Å². The van der Waals surface area contributed by atoms with Crippen molar-refractivity contribution in [1.29, 1.82) is 0 Å². The highest BCUT2D eigenvalue weighted by Crippen LogP contribution is 2.26. The summed E-state index contributed by atoms with van der Waals surface area (Å²) in [6.07, 6.45) is 5.21. The van der Waals surface area contributed by atoms with Gasteiger partial charge >= 0.3 is 0 Å². The number of imidazole rings is 1. The zero-order valence-electron chi connectivity index (χ0n) is 17.6. The summed E-state index contributed by atoms with van der Waals surface area (Å²) in [5.74, 6) is -0.153. The minimum Gasteiger partial charge on any atom is -0.348 e. The van der Waals surface area contributed by atoms with E-state index in [2.05, 4.69) is 26.2 Å². The van der Waals surface area contributed by atoms with Gasteiger partial charge in [-0.15, -0.1) is 0 Å². The molecule has 33 heavy (non-hydrogen) atoms. The van der Waals surface area contributed by atoms with Gasteiger partial charge in [0.05, 0.1) is 17.6 Å². The first-order chi connectivity index (χ1) is 16.2. The molecule has 0 atom stereocenters. The molecule has 6 nitrogen and oxygen atoms in total. The predicted octanol–water partition coefficient (Wildman–Crippen LogP) is 5.57. The van der Waals surface area contributed by atoms with E-state index in [0.29, 0.717) is 17.8 Å². The van der Waals surface area contributed by atoms with Gasteiger partial charge in [0.25, 0.3) is 5.91 Å². The van der Waals surface area contributed by atoms with E-state index in [0.717, 1.165) is 33.4 Å². The number of benzene rings is 3. The molecule has 3 aromatic carbocycles. The van der Waals surface area contributed by atoms with Crippen LogP contribution in [0.2, 0.25) is 0 Å². The Labute approximate surface area is 191 Å². The number of pyridine rings is 1. The minimum absolute atomic E-state index is 0.153. The number of hydrogen-bond acceptors (Lipinski definition) is 3. The van der Waals surface area contributed by atoms with Crippen LogP contribution in [0, 0.1) is 6.57 Å². The highest BCUT2D eigenvalue weighted by atomic mass is 16.1. The van der Waals surface area contributed by atoms with Crippen molar-refractivity contribution >= 4 is 22.6 Å². The molecule has 5 aromatic rings. The van der Waals surface area contributed by atoms with Gasteiger partial charge in [-0.2, -0.15) is 0 Å². The molecule has 5 rings (SSSR count). The zero-order chi connectivity index (χ0) is 22.6. The van der Waals surface area contributed by atoms with Crippen molar-refractivity contribution in [2.45, 2.75) is 6.54 Å². The molecule has 158 valence electrons. The van der Waals surface area contributed by atoms with Crippen molar-refractivity contribution in [2.24, 2.45) is 0 Å². The van der Waals surface area contributed by atoms with Gasteiger partial charge in [0, 0.05) is 30.2 Å². The van der Waals surface area contributed by atoms with E-state index in [9.17, 15) is 4.79 Å². The van der Waals surface area contributed by atoms with Crippen LogP contribution in [0.4, 0.5) is 5.69 Å². The SMILES string of the molecule is [C-]#[N+]c1ccc(-c2cccc(-n3cnc4cc(C(=O)NCc5cccnc5)ccc43)c2)cc1. The van der Waals surface area contributed by atoms with E-state index in [1.807, 2.05) is 71.3 Å². The summed E-state index contributed by atoms with van der Waals surface area (Å²) in [5, 5.41) is 2.92. The second kappa shape index (κ2) is 8.77. The summed E-state index contributed by atoms with van der Waals surface area (Å²) in [5.41, 5.74) is 6.85. The molecular formula is C27H19N5O. The Balaban J connectivity index is 1.40. The van der Waals surface area contributed by atoms with Crippen molar-refractivity contribution in [1.82, 2.24) is 19.9 Å². The highest BCUT2D eigenvalue weighted by Gasteiger charge is 2.11. The first-order valence-corrected chi connectivity index (χ1v) is 10.4. The number of carbonyl (C=O) groups is 1. The van der Waals surface area contributed by atoms with Crippen LogP contribution in [-0.2, 0) is 6.54 Å². The Bertz CT molecular complexity index is 1480. The number of nitrogens with zero attached hydrogens (tertiary/aromatic N) is 4. The normalized spacial score (nSPS) is 10.6. The third kappa shape index (κ3) is 4.21. The lowest BCUT2D eigenvalue weighted by Gasteiger charge is -2.09. The van der Waals surface area contributed by atoms with Crippen LogP contribution in [0.3, 0.4) is 0 Å². The molecule has 2 aromatic heterocycles. The van der Waals surface area contributed by atoms with Gasteiger partial charge in [0.15, 0.2) is 5.69 Å². The lowest BCUT2D eigenvalue weighted by Crippen LogP contribution is -2.22. The predicted molar refractivity (Wildman–Crippen MR) is 128 cm³/mol. The fourth-order valence-electron chi connectivity index (χ4n) is 3.71. The van der Waals surface area contributed by atoms with Crippen LogP contribution in [0.25, 0.3) is 32.7 Å². The molecule has 0 aliphatic carbocycles. The van der Waals surface area contributed by atoms with Gasteiger partial charge in [0.2, 0.25) is 0 Å². The molecule has 0 saturated heterocycles. The number of fused-ring (bicyclic) bond motifs is 1. The second-order valence-corrected chi connectivity index (χ2v) is 7.57. The molecule has 0 spiro atoms. The maximum atomic E-state index is 12.6. The summed E-state index contributed by atoms with van der Waals surface area (Å²) in [4.78, 5) is 24.6. The second-order valence-electron chi connectivity index (χ2n) is 7.57. The number of carbonyl (C=O) groups excluding carboxylic acids is 1. The summed E-state index contributed by atoms with van der Waals surface area (Å²) < 4.78 is 2.00. The first kappa shape index (κ1) is 20.2. The number of aromatic nitrogens is 3. The topological polar surface area (TPSA) is 64.2 Å². The molecule has 0 radical (unpaired) electrons. The van der Waals surface area contributed by atoms with E-state index in [1.165, 1.54) is 0 Å². The van der Waals surface area contributed by atoms with Gasteiger partial charge in [-0.05, 0) is 53.1 Å². The molecule has 0 saturated carbocycles. The van der Waals surface area contributed by atoms with Crippen LogP contribution >= 0.6 is 0 Å². The van der Waals surface area contributed by atoms with E-state index >= 15 is 0 Å². The van der Waals surface area contributed by atoms with Crippen LogP contribution in [0.15, 0.2) is 97.6 Å². The van der Waals surface area contributed by atoms with Gasteiger partial charge in [-0.3, -0.25) is 14.3 Å². The Morgan fingerprint density at radius 1 is 0.970 bits per heavy atom. The van der Waals surface area contributed by atoms with Crippen LogP contribution in [0.5, 0.6) is 0 Å². The van der Waals surface area contributed by atoms with E-state index < -0.39 is 0 Å². The maximum Gasteiger partial charge on any atom is 0.251 e. The Morgan fingerprint density at radius 3 is 2.64 bits per heavy atom. The third-order valence-electron chi connectivity index (χ3n) is 5.44. The largest absolute Gasteiger partial charge is 0.348 e. The van der Waals surface area contributed by atoms with E-state index in [1.54, 1.807) is 24.8 Å². The molecule has 1 amide bonds. The van der Waals surface area contributed by atoms with Crippen LogP contribution in [0.1, 0.15) is 15.9 Å².